The van der Waals surface area contributed by atoms with Crippen LogP contribution >= 0.6 is 0 Å². The average Bonchev–Trinajstić information content (AvgIpc) is 3.09. The molecule has 0 aliphatic carbocycles. The lowest BCUT2D eigenvalue weighted by Crippen LogP contribution is -2.11. The van der Waals surface area contributed by atoms with Gasteiger partial charge in [-0.15, -0.1) is 5.10 Å². The van der Waals surface area contributed by atoms with Crippen molar-refractivity contribution in [1.82, 2.24) is 15.2 Å². The number of anilines is 1. The molecule has 4 aromatic rings. The summed E-state index contributed by atoms with van der Waals surface area (Å²) in [5.41, 5.74) is 5.59. The number of aromatic nitrogens is 3. The zero-order valence-electron chi connectivity index (χ0n) is 16.0. The van der Waals surface area contributed by atoms with Crippen LogP contribution in [0.15, 0.2) is 64.8 Å². The number of benzene rings is 2. The van der Waals surface area contributed by atoms with Gasteiger partial charge in [0.25, 0.3) is 0 Å². The Balaban J connectivity index is 1.78. The van der Waals surface area contributed by atoms with E-state index in [-0.39, 0.29) is 17.5 Å². The van der Waals surface area contributed by atoms with Crippen LogP contribution in [-0.4, -0.2) is 29.9 Å². The molecule has 2 N–H and O–H groups in total. The Bertz CT molecular complexity index is 1390. The smallest absolute Gasteiger partial charge is 0.175 e. The molecular weight excluding hydrogens is 402 g/mol. The predicted octanol–water partition coefficient (Wildman–Crippen LogP) is 3.81. The first kappa shape index (κ1) is 18.4. The highest BCUT2D eigenvalue weighted by Crippen LogP contribution is 2.44. The summed E-state index contributed by atoms with van der Waals surface area (Å²) in [6.07, 6.45) is 3.06. The molecule has 150 valence electrons. The summed E-state index contributed by atoms with van der Waals surface area (Å²) in [6, 6.07) is 14.4. The van der Waals surface area contributed by atoms with Gasteiger partial charge < -0.3 is 10.3 Å². The minimum absolute atomic E-state index is 0.0784. The number of hydrogen-bond acceptors (Lipinski definition) is 7. The van der Waals surface area contributed by atoms with Gasteiger partial charge >= 0.3 is 0 Å². The van der Waals surface area contributed by atoms with Gasteiger partial charge in [-0.2, -0.15) is 10.0 Å². The average molecular weight is 419 g/mol. The highest BCUT2D eigenvalue weighted by atomic mass is 32.2. The Hall–Kier alpha value is -3.59. The number of nitroso groups, excluding NO2 is 1. The molecule has 2 aromatic carbocycles. The van der Waals surface area contributed by atoms with E-state index >= 15 is 0 Å². The van der Waals surface area contributed by atoms with Gasteiger partial charge in [0.1, 0.15) is 6.54 Å². The maximum Gasteiger partial charge on any atom is 0.175 e. The van der Waals surface area contributed by atoms with Crippen molar-refractivity contribution >= 4 is 26.6 Å². The van der Waals surface area contributed by atoms with Gasteiger partial charge in [0.15, 0.2) is 15.5 Å². The lowest BCUT2D eigenvalue weighted by molar-refractivity contribution is 0.602. The number of sulfone groups is 1. The van der Waals surface area contributed by atoms with Crippen molar-refractivity contribution in [1.29, 1.82) is 0 Å². The van der Waals surface area contributed by atoms with E-state index in [9.17, 15) is 13.3 Å². The molecule has 5 rings (SSSR count). The summed E-state index contributed by atoms with van der Waals surface area (Å²) in [7, 11) is -3.28. The standard InChI is InChI=1S/C21H17N5O3S/c1-30(28,29)13-8-6-12(7-9-13)20-15-10-22-21-19(15)18(17(11-23-27)25-26-21)14-4-2-3-5-16(14)24-20/h2-10,20,24H,11H2,1H3,(H,22,26). The van der Waals surface area contributed by atoms with E-state index in [1.165, 1.54) is 6.26 Å². The fourth-order valence-corrected chi connectivity index (χ4v) is 4.62. The molecule has 0 radical (unpaired) electrons. The van der Waals surface area contributed by atoms with E-state index in [1.807, 2.05) is 42.6 Å². The number of aromatic amines is 1. The summed E-state index contributed by atoms with van der Waals surface area (Å²) in [4.78, 5) is 14.5. The second-order valence-corrected chi connectivity index (χ2v) is 9.26. The van der Waals surface area contributed by atoms with Gasteiger partial charge in [0.05, 0.1) is 16.6 Å². The number of rotatable bonds is 4. The Kier molecular flexibility index (Phi) is 4.14. The summed E-state index contributed by atoms with van der Waals surface area (Å²) in [5, 5.41) is 15.9. The van der Waals surface area contributed by atoms with Gasteiger partial charge in [-0.1, -0.05) is 35.5 Å². The summed E-state index contributed by atoms with van der Waals surface area (Å²) in [5.74, 6) is 0. The normalized spacial score (nSPS) is 15.3. The van der Waals surface area contributed by atoms with Gasteiger partial charge in [-0.3, -0.25) is 0 Å². The van der Waals surface area contributed by atoms with Crippen LogP contribution in [0.1, 0.15) is 22.9 Å². The number of fused-ring (bicyclic) bond motifs is 2. The van der Waals surface area contributed by atoms with Crippen molar-refractivity contribution in [3.05, 3.63) is 76.5 Å². The van der Waals surface area contributed by atoms with E-state index in [1.54, 1.807) is 12.1 Å². The van der Waals surface area contributed by atoms with Crippen LogP contribution in [0.5, 0.6) is 0 Å². The lowest BCUT2D eigenvalue weighted by atomic mass is 9.96. The predicted molar refractivity (Wildman–Crippen MR) is 114 cm³/mol. The van der Waals surface area contributed by atoms with Crippen molar-refractivity contribution in [2.75, 3.05) is 11.6 Å². The van der Waals surface area contributed by atoms with Gasteiger partial charge in [0.2, 0.25) is 0 Å². The Labute approximate surface area is 172 Å². The van der Waals surface area contributed by atoms with Crippen LogP contribution in [0.4, 0.5) is 5.69 Å². The molecular formula is C21H17N5O3S. The third kappa shape index (κ3) is 2.86. The fourth-order valence-electron chi connectivity index (χ4n) is 3.99. The molecule has 8 nitrogen and oxygen atoms in total. The molecule has 30 heavy (non-hydrogen) atoms. The first-order valence-corrected chi connectivity index (χ1v) is 11.2. The second kappa shape index (κ2) is 6.74. The molecule has 0 fully saturated rings. The zero-order valence-corrected chi connectivity index (χ0v) is 16.8. The fraction of sp³-hybridized carbons (Fsp3) is 0.143. The molecule has 1 aliphatic heterocycles. The van der Waals surface area contributed by atoms with Gasteiger partial charge in [-0.25, -0.2) is 8.42 Å². The lowest BCUT2D eigenvalue weighted by Gasteiger charge is -2.19. The molecule has 1 unspecified atom stereocenters. The minimum Gasteiger partial charge on any atom is -0.374 e. The molecule has 0 saturated carbocycles. The number of nitrogens with one attached hydrogen (secondary N) is 2. The third-order valence-electron chi connectivity index (χ3n) is 5.36. The van der Waals surface area contributed by atoms with Crippen molar-refractivity contribution in [3.8, 4) is 11.1 Å². The van der Waals surface area contributed by atoms with Crippen molar-refractivity contribution in [2.24, 2.45) is 5.18 Å². The van der Waals surface area contributed by atoms with E-state index in [0.29, 0.717) is 11.3 Å². The minimum atomic E-state index is -3.28. The maximum absolute atomic E-state index is 11.8. The Morgan fingerprint density at radius 2 is 1.83 bits per heavy atom. The van der Waals surface area contributed by atoms with Crippen molar-refractivity contribution < 1.29 is 8.42 Å². The van der Waals surface area contributed by atoms with Crippen LogP contribution in [0.2, 0.25) is 0 Å². The van der Waals surface area contributed by atoms with Crippen LogP contribution in [-0.2, 0) is 16.4 Å². The molecule has 9 heteroatoms. The zero-order chi connectivity index (χ0) is 20.9. The number of para-hydroxylation sites is 1. The molecule has 0 saturated heterocycles. The van der Waals surface area contributed by atoms with E-state index in [4.69, 9.17) is 0 Å². The monoisotopic (exact) mass is 419 g/mol. The Morgan fingerprint density at radius 1 is 1.07 bits per heavy atom. The molecule has 0 amide bonds. The molecule has 1 aliphatic rings. The highest BCUT2D eigenvalue weighted by molar-refractivity contribution is 7.90. The van der Waals surface area contributed by atoms with Crippen LogP contribution < -0.4 is 5.32 Å². The van der Waals surface area contributed by atoms with Gasteiger partial charge in [-0.05, 0) is 23.8 Å². The SMILES string of the molecule is CS(=O)(=O)c1ccc(C2Nc3ccccc3-c3c(CN=O)nnc4[nH]cc2c34)cc1. The molecule has 0 spiro atoms. The first-order chi connectivity index (χ1) is 14.5. The molecule has 1 atom stereocenters. The van der Waals surface area contributed by atoms with Crippen molar-refractivity contribution in [3.63, 3.8) is 0 Å². The van der Waals surface area contributed by atoms with Crippen LogP contribution in [0, 0.1) is 4.91 Å². The van der Waals surface area contributed by atoms with E-state index < -0.39 is 9.84 Å². The largest absolute Gasteiger partial charge is 0.374 e. The quantitative estimate of drug-likeness (QED) is 0.486. The maximum atomic E-state index is 11.8. The van der Waals surface area contributed by atoms with Crippen LogP contribution in [0.25, 0.3) is 22.2 Å². The van der Waals surface area contributed by atoms with Crippen LogP contribution in [0.3, 0.4) is 0 Å². The van der Waals surface area contributed by atoms with Crippen molar-refractivity contribution in [2.45, 2.75) is 17.5 Å². The topological polar surface area (TPSA) is 117 Å². The summed E-state index contributed by atoms with van der Waals surface area (Å²) < 4.78 is 23.7. The second-order valence-electron chi connectivity index (χ2n) is 7.24. The third-order valence-corrected chi connectivity index (χ3v) is 6.49. The van der Waals surface area contributed by atoms with E-state index in [0.717, 1.165) is 33.3 Å². The number of hydrogen-bond donors (Lipinski definition) is 2. The van der Waals surface area contributed by atoms with Gasteiger partial charge in [0, 0.05) is 40.2 Å². The highest BCUT2D eigenvalue weighted by Gasteiger charge is 2.28. The number of H-pyrrole nitrogens is 1. The Morgan fingerprint density at radius 3 is 2.57 bits per heavy atom. The summed E-state index contributed by atoms with van der Waals surface area (Å²) in [6.45, 7) is -0.0784. The molecule has 2 aromatic heterocycles. The molecule has 3 heterocycles. The molecule has 0 bridgehead atoms. The first-order valence-electron chi connectivity index (χ1n) is 9.29. The summed E-state index contributed by atoms with van der Waals surface area (Å²) >= 11 is 0. The van der Waals surface area contributed by atoms with E-state index in [2.05, 4.69) is 25.7 Å². The number of nitrogens with zero attached hydrogens (tertiary/aromatic N) is 3.